The van der Waals surface area contributed by atoms with E-state index in [0.29, 0.717) is 25.1 Å². The van der Waals surface area contributed by atoms with Crippen LogP contribution in [0.2, 0.25) is 5.02 Å². The van der Waals surface area contributed by atoms with Crippen molar-refractivity contribution in [1.29, 1.82) is 0 Å². The molecule has 3 rings (SSSR count). The second-order valence-corrected chi connectivity index (χ2v) is 8.06. The molecule has 1 unspecified atom stereocenters. The molecule has 0 spiro atoms. The van der Waals surface area contributed by atoms with Crippen molar-refractivity contribution in [3.05, 3.63) is 76.5 Å². The molecule has 0 saturated carbocycles. The molecule has 1 atom stereocenters. The van der Waals surface area contributed by atoms with E-state index in [1.165, 1.54) is 24.3 Å². The van der Waals surface area contributed by atoms with E-state index in [0.717, 1.165) is 11.6 Å². The van der Waals surface area contributed by atoms with Crippen molar-refractivity contribution in [2.75, 3.05) is 19.8 Å². The summed E-state index contributed by atoms with van der Waals surface area (Å²) in [4.78, 5) is 24.1. The van der Waals surface area contributed by atoms with Crippen LogP contribution < -0.4 is 15.4 Å². The largest absolute Gasteiger partial charge is 0.484 e. The van der Waals surface area contributed by atoms with Crippen LogP contribution in [0.25, 0.3) is 0 Å². The number of halogens is 3. The number of ether oxygens (including phenoxy) is 2. The summed E-state index contributed by atoms with van der Waals surface area (Å²) in [6, 6.07) is 10.1. The first-order chi connectivity index (χ1) is 15.2. The molecule has 1 aliphatic rings. The molecule has 0 saturated heterocycles. The Balaban J connectivity index is 1.34. The number of carbonyl (C=O) groups excluding carboxylic acids is 2. The molecule has 0 bridgehead atoms. The second-order valence-electron chi connectivity index (χ2n) is 7.66. The van der Waals surface area contributed by atoms with Crippen LogP contribution in [0.3, 0.4) is 0 Å². The third kappa shape index (κ3) is 7.03. The predicted octanol–water partition coefficient (Wildman–Crippen LogP) is 3.54. The van der Waals surface area contributed by atoms with Crippen molar-refractivity contribution < 1.29 is 27.8 Å². The third-order valence-corrected chi connectivity index (χ3v) is 5.00. The number of hydrogen-bond donors (Lipinski definition) is 2. The van der Waals surface area contributed by atoms with Gasteiger partial charge in [-0.1, -0.05) is 23.7 Å². The SMILES string of the molecule is CC1(NC(=O)COc2ccc(Cl)c(F)c2)C=C(NC(=O)COCCc2cccc(F)c2)C1. The first-order valence-electron chi connectivity index (χ1n) is 9.95. The molecule has 2 amide bonds. The molecule has 0 aliphatic heterocycles. The van der Waals surface area contributed by atoms with Gasteiger partial charge in [0.05, 0.1) is 17.2 Å². The summed E-state index contributed by atoms with van der Waals surface area (Å²) in [6.07, 6.45) is 2.67. The molecule has 2 aromatic rings. The molecule has 0 heterocycles. The Morgan fingerprint density at radius 3 is 2.62 bits per heavy atom. The topological polar surface area (TPSA) is 76.7 Å². The highest BCUT2D eigenvalue weighted by atomic mass is 35.5. The number of carbonyl (C=O) groups is 2. The van der Waals surface area contributed by atoms with E-state index in [2.05, 4.69) is 10.6 Å². The zero-order valence-corrected chi connectivity index (χ0v) is 18.2. The van der Waals surface area contributed by atoms with Gasteiger partial charge >= 0.3 is 0 Å². The molecule has 0 aromatic heterocycles. The fourth-order valence-electron chi connectivity index (χ4n) is 3.24. The van der Waals surface area contributed by atoms with Gasteiger partial charge in [-0.15, -0.1) is 0 Å². The van der Waals surface area contributed by atoms with Crippen LogP contribution in [0.15, 0.2) is 54.2 Å². The van der Waals surface area contributed by atoms with Gasteiger partial charge in [-0.3, -0.25) is 9.59 Å². The Morgan fingerprint density at radius 2 is 1.91 bits per heavy atom. The Kier molecular flexibility index (Phi) is 7.82. The second kappa shape index (κ2) is 10.6. The van der Waals surface area contributed by atoms with E-state index in [9.17, 15) is 18.4 Å². The fraction of sp³-hybridized carbons (Fsp3) is 0.304. The lowest BCUT2D eigenvalue weighted by atomic mass is 9.84. The summed E-state index contributed by atoms with van der Waals surface area (Å²) in [7, 11) is 0. The van der Waals surface area contributed by atoms with Crippen molar-refractivity contribution in [3.63, 3.8) is 0 Å². The average Bonchev–Trinajstić information content (AvgIpc) is 2.71. The highest BCUT2D eigenvalue weighted by molar-refractivity contribution is 6.30. The normalized spacial score (nSPS) is 17.2. The standard InChI is InChI=1S/C23H23ClF2N2O4/c1-23(28-22(30)14-32-18-5-6-19(24)20(26)10-18)11-17(12-23)27-21(29)13-31-8-7-15-3-2-4-16(25)9-15/h2-6,9-11H,7-8,12-14H2,1H3,(H,27,29)(H,28,30). The minimum Gasteiger partial charge on any atom is -0.484 e. The van der Waals surface area contributed by atoms with Gasteiger partial charge in [0.2, 0.25) is 5.91 Å². The fourth-order valence-corrected chi connectivity index (χ4v) is 3.36. The average molecular weight is 465 g/mol. The maximum Gasteiger partial charge on any atom is 0.258 e. The van der Waals surface area contributed by atoms with Gasteiger partial charge < -0.3 is 20.1 Å². The van der Waals surface area contributed by atoms with E-state index in [1.54, 1.807) is 25.1 Å². The summed E-state index contributed by atoms with van der Waals surface area (Å²) in [5, 5.41) is 5.49. The third-order valence-electron chi connectivity index (χ3n) is 4.69. The Hall–Kier alpha value is -2.97. The zero-order valence-electron chi connectivity index (χ0n) is 17.4. The minimum atomic E-state index is -0.628. The summed E-state index contributed by atoms with van der Waals surface area (Å²) < 4.78 is 37.1. The molecular formula is C23H23ClF2N2O4. The quantitative estimate of drug-likeness (QED) is 0.527. The summed E-state index contributed by atoms with van der Waals surface area (Å²) in [6.45, 7) is 1.69. The van der Waals surface area contributed by atoms with Crippen molar-refractivity contribution in [2.45, 2.75) is 25.3 Å². The lowest BCUT2D eigenvalue weighted by molar-refractivity contribution is -0.125. The molecule has 9 heteroatoms. The van der Waals surface area contributed by atoms with E-state index in [-0.39, 0.29) is 41.6 Å². The van der Waals surface area contributed by atoms with Crippen LogP contribution in [-0.2, 0) is 20.7 Å². The van der Waals surface area contributed by atoms with E-state index < -0.39 is 11.4 Å². The number of nitrogens with one attached hydrogen (secondary N) is 2. The number of benzene rings is 2. The molecule has 2 N–H and O–H groups in total. The summed E-state index contributed by atoms with van der Waals surface area (Å²) >= 11 is 5.61. The van der Waals surface area contributed by atoms with Gasteiger partial charge in [0, 0.05) is 18.2 Å². The molecule has 170 valence electrons. The van der Waals surface area contributed by atoms with E-state index in [4.69, 9.17) is 21.1 Å². The van der Waals surface area contributed by atoms with Crippen LogP contribution in [0, 0.1) is 11.6 Å². The molecule has 2 aromatic carbocycles. The zero-order chi connectivity index (χ0) is 23.1. The molecule has 6 nitrogen and oxygen atoms in total. The van der Waals surface area contributed by atoms with Crippen LogP contribution in [0.1, 0.15) is 18.9 Å². The maximum atomic E-state index is 13.4. The predicted molar refractivity (Wildman–Crippen MR) is 115 cm³/mol. The van der Waals surface area contributed by atoms with Crippen molar-refractivity contribution in [3.8, 4) is 5.75 Å². The van der Waals surface area contributed by atoms with Gasteiger partial charge in [-0.25, -0.2) is 8.78 Å². The summed E-state index contributed by atoms with van der Waals surface area (Å²) in [5.74, 6) is -1.43. The molecule has 0 fully saturated rings. The lowest BCUT2D eigenvalue weighted by Crippen LogP contribution is -2.53. The number of amides is 2. The molecule has 1 aliphatic carbocycles. The first kappa shape index (κ1) is 23.7. The Labute approximate surface area is 189 Å². The van der Waals surface area contributed by atoms with Gasteiger partial charge in [-0.2, -0.15) is 0 Å². The van der Waals surface area contributed by atoms with Crippen molar-refractivity contribution in [1.82, 2.24) is 10.6 Å². The van der Waals surface area contributed by atoms with Crippen LogP contribution in [-0.4, -0.2) is 37.2 Å². The Morgan fingerprint density at radius 1 is 1.12 bits per heavy atom. The van der Waals surface area contributed by atoms with Gasteiger partial charge in [-0.05, 0) is 49.2 Å². The van der Waals surface area contributed by atoms with E-state index >= 15 is 0 Å². The van der Waals surface area contributed by atoms with E-state index in [1.807, 2.05) is 0 Å². The smallest absolute Gasteiger partial charge is 0.258 e. The number of rotatable bonds is 10. The monoisotopic (exact) mass is 464 g/mol. The highest BCUT2D eigenvalue weighted by Gasteiger charge is 2.34. The minimum absolute atomic E-state index is 0.0273. The van der Waals surface area contributed by atoms with Crippen LogP contribution in [0.4, 0.5) is 8.78 Å². The van der Waals surface area contributed by atoms with Gasteiger partial charge in [0.25, 0.3) is 5.91 Å². The molecule has 0 radical (unpaired) electrons. The van der Waals surface area contributed by atoms with Crippen LogP contribution >= 0.6 is 11.6 Å². The lowest BCUT2D eigenvalue weighted by Gasteiger charge is -2.37. The molecular weight excluding hydrogens is 442 g/mol. The van der Waals surface area contributed by atoms with Gasteiger partial charge in [0.1, 0.15) is 24.0 Å². The Bertz CT molecular complexity index is 1030. The van der Waals surface area contributed by atoms with Crippen LogP contribution in [0.5, 0.6) is 5.75 Å². The highest BCUT2D eigenvalue weighted by Crippen LogP contribution is 2.28. The summed E-state index contributed by atoms with van der Waals surface area (Å²) in [5.41, 5.74) is 0.850. The van der Waals surface area contributed by atoms with Crippen molar-refractivity contribution in [2.24, 2.45) is 0 Å². The van der Waals surface area contributed by atoms with Gasteiger partial charge in [0.15, 0.2) is 6.61 Å². The number of hydrogen-bond acceptors (Lipinski definition) is 4. The van der Waals surface area contributed by atoms with Crippen molar-refractivity contribution >= 4 is 23.4 Å². The molecule has 32 heavy (non-hydrogen) atoms. The maximum absolute atomic E-state index is 13.4. The first-order valence-corrected chi connectivity index (χ1v) is 10.3.